The highest BCUT2D eigenvalue weighted by Crippen LogP contribution is 2.26. The Hall–Kier alpha value is -2.37. The van der Waals surface area contributed by atoms with Gasteiger partial charge in [-0.15, -0.1) is 11.3 Å². The summed E-state index contributed by atoms with van der Waals surface area (Å²) in [5.41, 5.74) is 0.713. The van der Waals surface area contributed by atoms with Gasteiger partial charge in [-0.25, -0.2) is 4.39 Å². The Kier molecular flexibility index (Phi) is 5.59. The van der Waals surface area contributed by atoms with Crippen LogP contribution in [0.25, 0.3) is 6.08 Å². The van der Waals surface area contributed by atoms with Crippen LogP contribution in [0.3, 0.4) is 0 Å². The number of halogens is 2. The number of ether oxygens (including phenoxy) is 1. The Morgan fingerprint density at radius 2 is 2.08 bits per heavy atom. The van der Waals surface area contributed by atoms with Crippen LogP contribution in [0.4, 0.5) is 4.39 Å². The van der Waals surface area contributed by atoms with Crippen LogP contribution in [0.5, 0.6) is 5.75 Å². The maximum Gasteiger partial charge on any atom is 0.187 e. The van der Waals surface area contributed by atoms with E-state index in [0.29, 0.717) is 22.8 Å². The largest absolute Gasteiger partial charge is 0.484 e. The number of thiophene rings is 1. The fourth-order valence-electron chi connectivity index (χ4n) is 2.43. The molecule has 0 saturated heterocycles. The van der Waals surface area contributed by atoms with Crippen LogP contribution < -0.4 is 4.74 Å². The van der Waals surface area contributed by atoms with Crippen molar-refractivity contribution < 1.29 is 18.3 Å². The Labute approximate surface area is 159 Å². The molecule has 0 fully saturated rings. The molecule has 0 aliphatic carbocycles. The maximum atomic E-state index is 13.0. The van der Waals surface area contributed by atoms with Crippen molar-refractivity contribution in [1.29, 1.82) is 0 Å². The van der Waals surface area contributed by atoms with E-state index in [1.54, 1.807) is 29.5 Å². The summed E-state index contributed by atoms with van der Waals surface area (Å²) in [7, 11) is 0. The third kappa shape index (κ3) is 4.42. The minimum absolute atomic E-state index is 0.0563. The van der Waals surface area contributed by atoms with Gasteiger partial charge in [-0.1, -0.05) is 11.6 Å². The molecule has 3 rings (SSSR count). The first-order valence-corrected chi connectivity index (χ1v) is 9.08. The molecule has 0 atom stereocenters. The van der Waals surface area contributed by atoms with Crippen molar-refractivity contribution in [3.63, 3.8) is 0 Å². The molecule has 0 radical (unpaired) electrons. The zero-order valence-electron chi connectivity index (χ0n) is 14.2. The zero-order valence-corrected chi connectivity index (χ0v) is 15.8. The van der Waals surface area contributed by atoms with Gasteiger partial charge in [0.2, 0.25) is 0 Å². The van der Waals surface area contributed by atoms with Gasteiger partial charge in [0.1, 0.15) is 29.7 Å². The molecule has 0 saturated carbocycles. The summed E-state index contributed by atoms with van der Waals surface area (Å²) < 4.78 is 24.2. The molecule has 0 aliphatic rings. The summed E-state index contributed by atoms with van der Waals surface area (Å²) >= 11 is 7.52. The van der Waals surface area contributed by atoms with Crippen LogP contribution in [0.1, 0.15) is 31.6 Å². The summed E-state index contributed by atoms with van der Waals surface area (Å²) in [5, 5.41) is 0.198. The average Bonchev–Trinajstić information content (AvgIpc) is 3.18. The lowest BCUT2D eigenvalue weighted by Crippen LogP contribution is -1.94. The third-order valence-electron chi connectivity index (χ3n) is 3.65. The van der Waals surface area contributed by atoms with Crippen molar-refractivity contribution in [1.82, 2.24) is 0 Å². The number of aryl methyl sites for hydroxylation is 2. The molecule has 0 spiro atoms. The van der Waals surface area contributed by atoms with Crippen LogP contribution in [0, 0.1) is 19.7 Å². The summed E-state index contributed by atoms with van der Waals surface area (Å²) in [6.45, 7) is 4.06. The molecule has 134 valence electrons. The van der Waals surface area contributed by atoms with Crippen LogP contribution in [-0.2, 0) is 6.61 Å². The Morgan fingerprint density at radius 1 is 1.27 bits per heavy atom. The average molecular weight is 391 g/mol. The van der Waals surface area contributed by atoms with Crippen molar-refractivity contribution in [3.05, 3.63) is 80.2 Å². The van der Waals surface area contributed by atoms with Crippen molar-refractivity contribution in [3.8, 4) is 5.75 Å². The van der Waals surface area contributed by atoms with E-state index in [1.807, 2.05) is 19.9 Å². The minimum atomic E-state index is -0.423. The van der Waals surface area contributed by atoms with E-state index >= 15 is 0 Å². The quantitative estimate of drug-likeness (QED) is 0.370. The second-order valence-electron chi connectivity index (χ2n) is 5.69. The SMILES string of the molecule is Cc1cc(C(=O)/C=C/c2ccc(COc3ccc(F)cc3Cl)o2)c(C)s1. The number of benzene rings is 1. The minimum Gasteiger partial charge on any atom is -0.484 e. The molecule has 0 aliphatic heterocycles. The van der Waals surface area contributed by atoms with Gasteiger partial charge in [-0.2, -0.15) is 0 Å². The predicted octanol–water partition coefficient (Wildman–Crippen LogP) is 6.23. The summed E-state index contributed by atoms with van der Waals surface area (Å²) in [6, 6.07) is 9.32. The molecule has 1 aromatic carbocycles. The van der Waals surface area contributed by atoms with Crippen LogP contribution in [-0.4, -0.2) is 5.78 Å². The lowest BCUT2D eigenvalue weighted by molar-refractivity contribution is 0.104. The van der Waals surface area contributed by atoms with E-state index in [4.69, 9.17) is 20.8 Å². The standard InChI is InChI=1S/C20H16ClFO3S/c1-12-9-17(13(2)26-12)19(23)7-6-15-4-5-16(25-15)11-24-20-8-3-14(22)10-18(20)21/h3-10H,11H2,1-2H3/b7-6+. The molecule has 3 aromatic rings. The van der Waals surface area contributed by atoms with Crippen LogP contribution in [0.15, 0.2) is 46.9 Å². The monoisotopic (exact) mass is 390 g/mol. The summed E-state index contributed by atoms with van der Waals surface area (Å²) in [6.07, 6.45) is 3.12. The number of hydrogen-bond donors (Lipinski definition) is 0. The first kappa shape index (κ1) is 18.4. The molecule has 6 heteroatoms. The zero-order chi connectivity index (χ0) is 18.7. The van der Waals surface area contributed by atoms with Gasteiger partial charge in [0, 0.05) is 15.3 Å². The number of carbonyl (C=O) groups is 1. The molecule has 0 N–H and O–H groups in total. The van der Waals surface area contributed by atoms with E-state index in [2.05, 4.69) is 0 Å². The van der Waals surface area contributed by atoms with Crippen LogP contribution >= 0.6 is 22.9 Å². The van der Waals surface area contributed by atoms with Crippen molar-refractivity contribution >= 4 is 34.8 Å². The molecule has 26 heavy (non-hydrogen) atoms. The van der Waals surface area contributed by atoms with E-state index in [0.717, 1.165) is 9.75 Å². The third-order valence-corrected chi connectivity index (χ3v) is 4.91. The summed E-state index contributed by atoms with van der Waals surface area (Å²) in [5.74, 6) is 1.01. The van der Waals surface area contributed by atoms with E-state index in [9.17, 15) is 9.18 Å². The molecule has 3 nitrogen and oxygen atoms in total. The Morgan fingerprint density at radius 3 is 2.77 bits per heavy atom. The predicted molar refractivity (Wildman–Crippen MR) is 102 cm³/mol. The highest BCUT2D eigenvalue weighted by atomic mass is 35.5. The fourth-order valence-corrected chi connectivity index (χ4v) is 3.58. The molecule has 0 amide bonds. The number of rotatable bonds is 6. The lowest BCUT2D eigenvalue weighted by atomic mass is 10.1. The first-order valence-electron chi connectivity index (χ1n) is 7.88. The van der Waals surface area contributed by atoms with E-state index in [-0.39, 0.29) is 17.4 Å². The van der Waals surface area contributed by atoms with Crippen molar-refractivity contribution in [2.75, 3.05) is 0 Å². The number of ketones is 1. The number of hydrogen-bond acceptors (Lipinski definition) is 4. The van der Waals surface area contributed by atoms with Gasteiger partial charge in [-0.3, -0.25) is 4.79 Å². The molecular weight excluding hydrogens is 375 g/mol. The van der Waals surface area contributed by atoms with E-state index in [1.165, 1.54) is 24.3 Å². The number of furan rings is 1. The van der Waals surface area contributed by atoms with Crippen LogP contribution in [0.2, 0.25) is 5.02 Å². The van der Waals surface area contributed by atoms with Crippen molar-refractivity contribution in [2.24, 2.45) is 0 Å². The molecule has 0 bridgehead atoms. The Bertz CT molecular complexity index is 971. The maximum absolute atomic E-state index is 13.0. The second-order valence-corrected chi connectivity index (χ2v) is 7.56. The Balaban J connectivity index is 1.62. The molecular formula is C20H16ClFO3S. The highest BCUT2D eigenvalue weighted by molar-refractivity contribution is 7.12. The van der Waals surface area contributed by atoms with Gasteiger partial charge >= 0.3 is 0 Å². The van der Waals surface area contributed by atoms with Gasteiger partial charge in [-0.05, 0) is 62.4 Å². The number of carbonyl (C=O) groups excluding carboxylic acids is 1. The molecule has 2 aromatic heterocycles. The van der Waals surface area contributed by atoms with E-state index < -0.39 is 5.82 Å². The van der Waals surface area contributed by atoms with Gasteiger partial charge in [0.15, 0.2) is 5.78 Å². The fraction of sp³-hybridized carbons (Fsp3) is 0.150. The summed E-state index contributed by atoms with van der Waals surface area (Å²) in [4.78, 5) is 14.4. The lowest BCUT2D eigenvalue weighted by Gasteiger charge is -2.05. The smallest absolute Gasteiger partial charge is 0.187 e. The number of allylic oxidation sites excluding steroid dienone is 1. The van der Waals surface area contributed by atoms with Crippen molar-refractivity contribution in [2.45, 2.75) is 20.5 Å². The topological polar surface area (TPSA) is 39.4 Å². The van der Waals surface area contributed by atoms with Gasteiger partial charge < -0.3 is 9.15 Å². The van der Waals surface area contributed by atoms with Gasteiger partial charge in [0.05, 0.1) is 5.02 Å². The molecule has 0 unspecified atom stereocenters. The highest BCUT2D eigenvalue weighted by Gasteiger charge is 2.10. The molecule has 2 heterocycles. The first-order chi connectivity index (χ1) is 12.4. The normalized spacial score (nSPS) is 11.2. The second kappa shape index (κ2) is 7.89. The van der Waals surface area contributed by atoms with Gasteiger partial charge in [0.25, 0.3) is 0 Å².